The molecule has 132 valence electrons. The summed E-state index contributed by atoms with van der Waals surface area (Å²) in [6, 6.07) is 8.08. The molecule has 2 fully saturated rings. The van der Waals surface area contributed by atoms with Crippen LogP contribution in [0, 0.1) is 12.8 Å². The lowest BCUT2D eigenvalue weighted by Gasteiger charge is -2.26. The zero-order valence-electron chi connectivity index (χ0n) is 14.8. The number of amides is 1. The third-order valence-corrected chi connectivity index (χ3v) is 5.54. The second-order valence-electron chi connectivity index (χ2n) is 7.42. The van der Waals surface area contributed by atoms with Gasteiger partial charge in [0.15, 0.2) is 0 Å². The Hall–Kier alpha value is -2.17. The molecule has 5 heteroatoms. The second-order valence-corrected chi connectivity index (χ2v) is 7.42. The van der Waals surface area contributed by atoms with Crippen LogP contribution < -0.4 is 0 Å². The van der Waals surface area contributed by atoms with Gasteiger partial charge >= 0.3 is 0 Å². The largest absolute Gasteiger partial charge is 0.420 e. The maximum atomic E-state index is 12.7. The van der Waals surface area contributed by atoms with Gasteiger partial charge in [0, 0.05) is 24.6 Å². The second kappa shape index (κ2) is 6.98. The zero-order chi connectivity index (χ0) is 17.2. The van der Waals surface area contributed by atoms with Crippen LogP contribution in [-0.2, 0) is 4.79 Å². The van der Waals surface area contributed by atoms with E-state index in [0.717, 1.165) is 31.4 Å². The van der Waals surface area contributed by atoms with Crippen LogP contribution in [0.1, 0.15) is 55.9 Å². The van der Waals surface area contributed by atoms with Crippen LogP contribution in [0.15, 0.2) is 28.7 Å². The summed E-state index contributed by atoms with van der Waals surface area (Å²) in [5.74, 6) is 1.96. The van der Waals surface area contributed by atoms with Gasteiger partial charge in [-0.05, 0) is 38.3 Å². The van der Waals surface area contributed by atoms with Crippen LogP contribution in [0.25, 0.3) is 11.5 Å². The number of carbonyl (C=O) groups is 1. The molecule has 2 aliphatic rings. The smallest absolute Gasteiger partial charge is 0.247 e. The van der Waals surface area contributed by atoms with Gasteiger partial charge in [-0.1, -0.05) is 37.0 Å². The third-order valence-electron chi connectivity index (χ3n) is 5.54. The number of nitrogens with zero attached hydrogens (tertiary/aromatic N) is 3. The Morgan fingerprint density at radius 1 is 1.08 bits per heavy atom. The Kier molecular flexibility index (Phi) is 4.55. The maximum Gasteiger partial charge on any atom is 0.247 e. The van der Waals surface area contributed by atoms with Gasteiger partial charge in [0.05, 0.1) is 5.92 Å². The number of aromatic nitrogens is 2. The van der Waals surface area contributed by atoms with E-state index in [0.29, 0.717) is 24.2 Å². The van der Waals surface area contributed by atoms with Gasteiger partial charge in [0.2, 0.25) is 17.7 Å². The predicted molar refractivity (Wildman–Crippen MR) is 95.0 cm³/mol. The third kappa shape index (κ3) is 3.46. The first kappa shape index (κ1) is 16.3. The Morgan fingerprint density at radius 2 is 1.84 bits per heavy atom. The SMILES string of the molecule is Cc1ccc(-c2nnc(C3CCN(C(=O)C4CCCCC4)C3)o2)cc1. The number of aryl methyl sites for hydroxylation is 1. The van der Waals surface area contributed by atoms with Crippen LogP contribution in [0.4, 0.5) is 0 Å². The molecule has 25 heavy (non-hydrogen) atoms. The minimum Gasteiger partial charge on any atom is -0.420 e. The van der Waals surface area contributed by atoms with E-state index in [-0.39, 0.29) is 11.8 Å². The highest BCUT2D eigenvalue weighted by Gasteiger charge is 2.34. The van der Waals surface area contributed by atoms with Gasteiger partial charge in [-0.15, -0.1) is 10.2 Å². The molecule has 4 rings (SSSR count). The van der Waals surface area contributed by atoms with E-state index < -0.39 is 0 Å². The van der Waals surface area contributed by atoms with Gasteiger partial charge in [0.1, 0.15) is 0 Å². The normalized spacial score (nSPS) is 21.6. The highest BCUT2D eigenvalue weighted by atomic mass is 16.4. The van der Waals surface area contributed by atoms with Crippen LogP contribution in [0.3, 0.4) is 0 Å². The molecule has 2 heterocycles. The average Bonchev–Trinajstić information content (AvgIpc) is 3.32. The first-order chi connectivity index (χ1) is 12.2. The van der Waals surface area contributed by atoms with Crippen molar-refractivity contribution in [1.82, 2.24) is 15.1 Å². The van der Waals surface area contributed by atoms with E-state index in [4.69, 9.17) is 4.42 Å². The summed E-state index contributed by atoms with van der Waals surface area (Å²) >= 11 is 0. The Bertz CT molecular complexity index is 732. The van der Waals surface area contributed by atoms with Crippen molar-refractivity contribution in [2.75, 3.05) is 13.1 Å². The molecule has 1 aromatic carbocycles. The molecular formula is C20H25N3O2. The van der Waals surface area contributed by atoms with E-state index >= 15 is 0 Å². The van der Waals surface area contributed by atoms with Crippen molar-refractivity contribution in [3.8, 4) is 11.5 Å². The Labute approximate surface area is 148 Å². The molecule has 1 saturated carbocycles. The van der Waals surface area contributed by atoms with E-state index in [9.17, 15) is 4.79 Å². The summed E-state index contributed by atoms with van der Waals surface area (Å²) in [4.78, 5) is 14.7. The lowest BCUT2D eigenvalue weighted by Crippen LogP contribution is -2.35. The molecule has 5 nitrogen and oxygen atoms in total. The standard InChI is InChI=1S/C20H25N3O2/c1-14-7-9-15(10-8-14)18-21-22-19(25-18)17-11-12-23(13-17)20(24)16-5-3-2-4-6-16/h7-10,16-17H,2-6,11-13H2,1H3. The molecular weight excluding hydrogens is 314 g/mol. The van der Waals surface area contributed by atoms with Gasteiger partial charge in [-0.3, -0.25) is 4.79 Å². The highest BCUT2D eigenvalue weighted by Crippen LogP contribution is 2.32. The molecule has 1 aliphatic heterocycles. The quantitative estimate of drug-likeness (QED) is 0.850. The summed E-state index contributed by atoms with van der Waals surface area (Å²) in [6.45, 7) is 3.58. The Balaban J connectivity index is 1.42. The molecule has 0 bridgehead atoms. The zero-order valence-corrected chi connectivity index (χ0v) is 14.8. The van der Waals surface area contributed by atoms with E-state index in [1.807, 2.05) is 29.2 Å². The molecule has 1 unspecified atom stereocenters. The molecule has 0 N–H and O–H groups in total. The van der Waals surface area contributed by atoms with E-state index in [1.54, 1.807) is 0 Å². The molecule has 1 saturated heterocycles. The van der Waals surface area contributed by atoms with Crippen molar-refractivity contribution in [2.24, 2.45) is 5.92 Å². The summed E-state index contributed by atoms with van der Waals surface area (Å²) in [7, 11) is 0. The number of carbonyl (C=O) groups excluding carboxylic acids is 1. The monoisotopic (exact) mass is 339 g/mol. The fourth-order valence-corrected chi connectivity index (χ4v) is 3.98. The van der Waals surface area contributed by atoms with Crippen LogP contribution in [-0.4, -0.2) is 34.1 Å². The van der Waals surface area contributed by atoms with E-state index in [2.05, 4.69) is 17.1 Å². The summed E-state index contributed by atoms with van der Waals surface area (Å²) in [5, 5.41) is 8.45. The van der Waals surface area contributed by atoms with Crippen LogP contribution >= 0.6 is 0 Å². The molecule has 0 radical (unpaired) electrons. The molecule has 1 aromatic heterocycles. The lowest BCUT2D eigenvalue weighted by molar-refractivity contribution is -0.135. The van der Waals surface area contributed by atoms with Gasteiger partial charge in [-0.2, -0.15) is 0 Å². The van der Waals surface area contributed by atoms with Gasteiger partial charge < -0.3 is 9.32 Å². The number of hydrogen-bond acceptors (Lipinski definition) is 4. The summed E-state index contributed by atoms with van der Waals surface area (Å²) in [5.41, 5.74) is 2.15. The van der Waals surface area contributed by atoms with Crippen molar-refractivity contribution in [1.29, 1.82) is 0 Å². The molecule has 0 spiro atoms. The Morgan fingerprint density at radius 3 is 2.60 bits per heavy atom. The van der Waals surface area contributed by atoms with Crippen LogP contribution in [0.5, 0.6) is 0 Å². The number of likely N-dealkylation sites (tertiary alicyclic amines) is 1. The first-order valence-corrected chi connectivity index (χ1v) is 9.40. The summed E-state index contributed by atoms with van der Waals surface area (Å²) in [6.07, 6.45) is 6.68. The van der Waals surface area contributed by atoms with Crippen molar-refractivity contribution < 1.29 is 9.21 Å². The van der Waals surface area contributed by atoms with Crippen molar-refractivity contribution >= 4 is 5.91 Å². The molecule has 1 atom stereocenters. The topological polar surface area (TPSA) is 59.2 Å². The number of rotatable bonds is 3. The van der Waals surface area contributed by atoms with Gasteiger partial charge in [0.25, 0.3) is 0 Å². The number of benzene rings is 1. The minimum absolute atomic E-state index is 0.166. The van der Waals surface area contributed by atoms with Crippen LogP contribution in [0.2, 0.25) is 0 Å². The lowest BCUT2D eigenvalue weighted by atomic mass is 9.88. The van der Waals surface area contributed by atoms with Crippen molar-refractivity contribution in [3.05, 3.63) is 35.7 Å². The first-order valence-electron chi connectivity index (χ1n) is 9.40. The summed E-state index contributed by atoms with van der Waals surface area (Å²) < 4.78 is 5.91. The number of hydrogen-bond donors (Lipinski definition) is 0. The fraction of sp³-hybridized carbons (Fsp3) is 0.550. The molecule has 2 aromatic rings. The minimum atomic E-state index is 0.166. The van der Waals surface area contributed by atoms with Crippen molar-refractivity contribution in [3.63, 3.8) is 0 Å². The average molecular weight is 339 g/mol. The maximum absolute atomic E-state index is 12.7. The van der Waals surface area contributed by atoms with E-state index in [1.165, 1.54) is 24.8 Å². The van der Waals surface area contributed by atoms with Gasteiger partial charge in [-0.25, -0.2) is 0 Å². The highest BCUT2D eigenvalue weighted by molar-refractivity contribution is 5.79. The predicted octanol–water partition coefficient (Wildman–Crippen LogP) is 3.94. The van der Waals surface area contributed by atoms with Crippen molar-refractivity contribution in [2.45, 2.75) is 51.4 Å². The molecule has 1 aliphatic carbocycles. The molecule has 1 amide bonds. The fourth-order valence-electron chi connectivity index (χ4n) is 3.98.